The molecule has 3 aromatic heterocycles. The molecule has 10 rings (SSSR count). The van der Waals surface area contributed by atoms with Crippen LogP contribution in [0.25, 0.3) is 98.4 Å². The van der Waals surface area contributed by atoms with E-state index in [1.54, 1.807) is 11.3 Å². The van der Waals surface area contributed by atoms with Gasteiger partial charge in [-0.05, 0) is 45.8 Å². The lowest BCUT2D eigenvalue weighted by molar-refractivity contribution is 0.620. The number of oxazole rings is 1. The lowest BCUT2D eigenvalue weighted by atomic mass is 9.96. The molecule has 0 aliphatic rings. The zero-order valence-corrected chi connectivity index (χ0v) is 26.3. The second-order valence-electron chi connectivity index (χ2n) is 11.8. The predicted molar refractivity (Wildman–Crippen MR) is 197 cm³/mol. The molecule has 0 amide bonds. The van der Waals surface area contributed by atoms with E-state index in [4.69, 9.17) is 24.4 Å². The van der Waals surface area contributed by atoms with Gasteiger partial charge in [0.2, 0.25) is 5.89 Å². The molecule has 10 aromatic rings. The van der Waals surface area contributed by atoms with Crippen LogP contribution in [0.5, 0.6) is 0 Å². The molecular weight excluding hydrogens is 609 g/mol. The number of thiophene rings is 1. The lowest BCUT2D eigenvalue weighted by Crippen LogP contribution is -2.01. The predicted octanol–water partition coefficient (Wildman–Crippen LogP) is 11.4. The van der Waals surface area contributed by atoms with Gasteiger partial charge in [0.25, 0.3) is 0 Å². The van der Waals surface area contributed by atoms with Gasteiger partial charge in [-0.25, -0.2) is 19.9 Å². The average molecular weight is 633 g/mol. The minimum atomic E-state index is 0.558. The highest BCUT2D eigenvalue weighted by Crippen LogP contribution is 2.45. The smallest absolute Gasteiger partial charge is 0.227 e. The third-order valence-electron chi connectivity index (χ3n) is 8.95. The Morgan fingerprint density at radius 3 is 1.90 bits per heavy atom. The maximum absolute atomic E-state index is 6.48. The first kappa shape index (κ1) is 26.9. The molecule has 0 aliphatic heterocycles. The van der Waals surface area contributed by atoms with Crippen LogP contribution in [0.15, 0.2) is 150 Å². The second kappa shape index (κ2) is 10.7. The van der Waals surface area contributed by atoms with Crippen LogP contribution >= 0.6 is 11.3 Å². The number of benzene rings is 7. The average Bonchev–Trinajstić information content (AvgIpc) is 3.75. The van der Waals surface area contributed by atoms with Gasteiger partial charge in [-0.2, -0.15) is 0 Å². The van der Waals surface area contributed by atoms with Crippen LogP contribution in [0.2, 0.25) is 0 Å². The third kappa shape index (κ3) is 4.24. The molecule has 0 saturated heterocycles. The van der Waals surface area contributed by atoms with Crippen LogP contribution in [0.3, 0.4) is 0 Å². The Bertz CT molecular complexity index is 2840. The molecular formula is C42H24N4OS. The van der Waals surface area contributed by atoms with Crippen molar-refractivity contribution in [2.24, 2.45) is 0 Å². The Morgan fingerprint density at radius 1 is 0.458 bits per heavy atom. The van der Waals surface area contributed by atoms with Crippen LogP contribution in [0.1, 0.15) is 0 Å². The van der Waals surface area contributed by atoms with Crippen LogP contribution in [0, 0.1) is 0 Å². The van der Waals surface area contributed by atoms with E-state index < -0.39 is 0 Å². The highest BCUT2D eigenvalue weighted by Gasteiger charge is 2.24. The first-order chi connectivity index (χ1) is 23.8. The fraction of sp³-hybridized carbons (Fsp3) is 0. The van der Waals surface area contributed by atoms with Crippen molar-refractivity contribution in [2.45, 2.75) is 0 Å². The van der Waals surface area contributed by atoms with Crippen LogP contribution in [-0.4, -0.2) is 19.9 Å². The lowest BCUT2D eigenvalue weighted by Gasteiger charge is -2.13. The van der Waals surface area contributed by atoms with Crippen LogP contribution in [-0.2, 0) is 0 Å². The summed E-state index contributed by atoms with van der Waals surface area (Å²) in [7, 11) is 0. The zero-order chi connectivity index (χ0) is 31.6. The quantitative estimate of drug-likeness (QED) is 0.181. The van der Waals surface area contributed by atoms with E-state index in [-0.39, 0.29) is 0 Å². The molecule has 6 heteroatoms. The molecule has 48 heavy (non-hydrogen) atoms. The van der Waals surface area contributed by atoms with E-state index in [2.05, 4.69) is 84.9 Å². The summed E-state index contributed by atoms with van der Waals surface area (Å²) in [5.74, 6) is 2.33. The maximum Gasteiger partial charge on any atom is 0.227 e. The Hall–Kier alpha value is -6.24. The van der Waals surface area contributed by atoms with E-state index in [1.807, 2.05) is 60.7 Å². The van der Waals surface area contributed by atoms with Crippen molar-refractivity contribution in [1.29, 1.82) is 0 Å². The Morgan fingerprint density at radius 2 is 1.08 bits per heavy atom. The summed E-state index contributed by atoms with van der Waals surface area (Å²) in [6.07, 6.45) is 0. The number of fused-ring (bicyclic) bond motifs is 7. The molecule has 224 valence electrons. The Kier molecular flexibility index (Phi) is 5.98. The molecule has 7 aromatic carbocycles. The number of aromatic nitrogens is 4. The van der Waals surface area contributed by atoms with E-state index in [0.29, 0.717) is 28.9 Å². The maximum atomic E-state index is 6.48. The Balaban J connectivity index is 1.34. The molecule has 0 spiro atoms. The van der Waals surface area contributed by atoms with Gasteiger partial charge in [0.15, 0.2) is 23.1 Å². The topological polar surface area (TPSA) is 64.7 Å². The van der Waals surface area contributed by atoms with Crippen LogP contribution in [0.4, 0.5) is 0 Å². The van der Waals surface area contributed by atoms with Gasteiger partial charge in [-0.3, -0.25) is 0 Å². The van der Waals surface area contributed by atoms with Gasteiger partial charge in [0.05, 0.1) is 5.56 Å². The monoisotopic (exact) mass is 632 g/mol. The van der Waals surface area contributed by atoms with Crippen molar-refractivity contribution in [1.82, 2.24) is 19.9 Å². The van der Waals surface area contributed by atoms with Crippen LogP contribution < -0.4 is 0 Å². The van der Waals surface area contributed by atoms with Gasteiger partial charge in [0, 0.05) is 42.9 Å². The molecule has 0 unspecified atom stereocenters. The molecule has 0 aliphatic carbocycles. The standard InChI is InChI=1S/C42H24N4OS/c1-3-13-25(14-4-1)39-44-40(32-23-27-17-7-8-18-28(27)29-19-9-10-20-30(29)32)46-41(45-39)37-36-31-21-11-12-22-34(31)48-35(36)24-33-38(37)43-42(47-33)26-15-5-2-6-16-26/h1-24H. The number of rotatable bonds is 4. The summed E-state index contributed by atoms with van der Waals surface area (Å²) in [6.45, 7) is 0. The van der Waals surface area contributed by atoms with E-state index in [1.165, 1.54) is 10.1 Å². The summed E-state index contributed by atoms with van der Waals surface area (Å²) >= 11 is 1.74. The normalized spacial score (nSPS) is 11.8. The molecule has 0 atom stereocenters. The van der Waals surface area contributed by atoms with Crippen molar-refractivity contribution in [3.63, 3.8) is 0 Å². The molecule has 0 fully saturated rings. The fourth-order valence-electron chi connectivity index (χ4n) is 6.76. The van der Waals surface area contributed by atoms with Gasteiger partial charge in [0.1, 0.15) is 5.52 Å². The van der Waals surface area contributed by atoms with Crippen molar-refractivity contribution in [3.8, 4) is 45.6 Å². The molecule has 0 N–H and O–H groups in total. The van der Waals surface area contributed by atoms with Crippen molar-refractivity contribution >= 4 is 64.2 Å². The Labute approximate surface area is 278 Å². The number of nitrogens with zero attached hydrogens (tertiary/aromatic N) is 4. The number of hydrogen-bond donors (Lipinski definition) is 0. The van der Waals surface area contributed by atoms with Gasteiger partial charge >= 0.3 is 0 Å². The van der Waals surface area contributed by atoms with Gasteiger partial charge in [-0.15, -0.1) is 11.3 Å². The summed E-state index contributed by atoms with van der Waals surface area (Å²) in [5, 5.41) is 6.78. The minimum Gasteiger partial charge on any atom is -0.436 e. The molecule has 3 heterocycles. The minimum absolute atomic E-state index is 0.558. The number of hydrogen-bond acceptors (Lipinski definition) is 6. The van der Waals surface area contributed by atoms with Gasteiger partial charge in [-0.1, -0.05) is 115 Å². The largest absolute Gasteiger partial charge is 0.436 e. The first-order valence-electron chi connectivity index (χ1n) is 15.8. The third-order valence-corrected chi connectivity index (χ3v) is 10.1. The molecule has 0 radical (unpaired) electrons. The van der Waals surface area contributed by atoms with E-state index >= 15 is 0 Å². The summed E-state index contributed by atoms with van der Waals surface area (Å²) < 4.78 is 8.75. The molecule has 0 saturated carbocycles. The van der Waals surface area contributed by atoms with Gasteiger partial charge < -0.3 is 4.42 Å². The summed E-state index contributed by atoms with van der Waals surface area (Å²) in [5.41, 5.74) is 5.05. The summed E-state index contributed by atoms with van der Waals surface area (Å²) in [6, 6.07) is 49.9. The summed E-state index contributed by atoms with van der Waals surface area (Å²) in [4.78, 5) is 20.8. The molecule has 0 bridgehead atoms. The zero-order valence-electron chi connectivity index (χ0n) is 25.5. The fourth-order valence-corrected chi connectivity index (χ4v) is 7.90. The highest BCUT2D eigenvalue weighted by atomic mass is 32.1. The SMILES string of the molecule is c1ccc(-c2nc(-c3cc4ccccc4c4ccccc34)nc(-c3c4nc(-c5ccccc5)oc4cc4sc5ccccc5c34)n2)cc1. The van der Waals surface area contributed by atoms with Crippen molar-refractivity contribution in [3.05, 3.63) is 146 Å². The molecule has 5 nitrogen and oxygen atoms in total. The van der Waals surface area contributed by atoms with E-state index in [9.17, 15) is 0 Å². The van der Waals surface area contributed by atoms with Crippen molar-refractivity contribution in [2.75, 3.05) is 0 Å². The van der Waals surface area contributed by atoms with E-state index in [0.717, 1.165) is 59.4 Å². The second-order valence-corrected chi connectivity index (χ2v) is 12.9. The van der Waals surface area contributed by atoms with Crippen molar-refractivity contribution < 1.29 is 4.42 Å². The highest BCUT2D eigenvalue weighted by molar-refractivity contribution is 7.26. The first-order valence-corrected chi connectivity index (χ1v) is 16.6.